The normalized spacial score (nSPS) is 14.3. The third kappa shape index (κ3) is 5.70. The van der Waals surface area contributed by atoms with Crippen LogP contribution in [0, 0.1) is 5.82 Å². The van der Waals surface area contributed by atoms with E-state index in [0.29, 0.717) is 44.1 Å². The summed E-state index contributed by atoms with van der Waals surface area (Å²) in [5.74, 6) is -2.43. The largest absolute Gasteiger partial charge is 0.465 e. The Morgan fingerprint density at radius 3 is 2.39 bits per heavy atom. The van der Waals surface area contributed by atoms with Gasteiger partial charge in [-0.25, -0.2) is 9.18 Å². The maximum absolute atomic E-state index is 14.8. The first-order valence-corrected chi connectivity index (χ1v) is 11.5. The summed E-state index contributed by atoms with van der Waals surface area (Å²) < 4.78 is 60.2. The van der Waals surface area contributed by atoms with Crippen LogP contribution >= 0.6 is 0 Å². The molecule has 1 fully saturated rings. The lowest BCUT2D eigenvalue weighted by Gasteiger charge is -2.35. The fraction of sp³-hybridized carbons (Fsp3) is 0.269. The van der Waals surface area contributed by atoms with E-state index in [1.54, 1.807) is 12.1 Å². The third-order valence-electron chi connectivity index (χ3n) is 6.26. The quantitative estimate of drug-likeness (QED) is 0.381. The fourth-order valence-corrected chi connectivity index (χ4v) is 4.20. The van der Waals surface area contributed by atoms with Crippen LogP contribution in [-0.2, 0) is 10.9 Å². The van der Waals surface area contributed by atoms with Crippen LogP contribution in [0.1, 0.15) is 26.3 Å². The van der Waals surface area contributed by atoms with Crippen molar-refractivity contribution in [3.8, 4) is 11.1 Å². The molecule has 1 aromatic heterocycles. The number of benzene rings is 2. The molecule has 0 spiro atoms. The number of aromatic nitrogens is 1. The van der Waals surface area contributed by atoms with Crippen molar-refractivity contribution in [1.82, 2.24) is 9.88 Å². The maximum atomic E-state index is 14.8. The van der Waals surface area contributed by atoms with E-state index in [2.05, 4.69) is 15.2 Å². The van der Waals surface area contributed by atoms with Crippen LogP contribution in [0.25, 0.3) is 11.1 Å². The van der Waals surface area contributed by atoms with Gasteiger partial charge in [-0.05, 0) is 42.9 Å². The van der Waals surface area contributed by atoms with Crippen molar-refractivity contribution in [3.05, 3.63) is 81.5 Å². The van der Waals surface area contributed by atoms with Gasteiger partial charge < -0.3 is 24.8 Å². The van der Waals surface area contributed by atoms with Crippen LogP contribution < -0.4 is 15.8 Å². The minimum atomic E-state index is -4.94. The Balaban J connectivity index is 1.79. The molecule has 3 aromatic rings. The first kappa shape index (κ1) is 26.9. The van der Waals surface area contributed by atoms with Gasteiger partial charge >= 0.3 is 12.1 Å². The highest BCUT2D eigenvalue weighted by molar-refractivity contribution is 6.07. The molecule has 8 nitrogen and oxygen atoms in total. The van der Waals surface area contributed by atoms with E-state index in [4.69, 9.17) is 4.74 Å². The highest BCUT2D eigenvalue weighted by Gasteiger charge is 2.36. The number of ether oxygens (including phenoxy) is 1. The van der Waals surface area contributed by atoms with Gasteiger partial charge in [-0.3, -0.25) is 9.59 Å². The predicted molar refractivity (Wildman–Crippen MR) is 133 cm³/mol. The summed E-state index contributed by atoms with van der Waals surface area (Å²) in [6.07, 6.45) is -4.24. The number of alkyl halides is 3. The number of aromatic amines is 1. The highest BCUT2D eigenvalue weighted by Crippen LogP contribution is 2.35. The van der Waals surface area contributed by atoms with E-state index in [0.717, 1.165) is 6.07 Å². The molecule has 1 aliphatic heterocycles. The molecule has 2 heterocycles. The van der Waals surface area contributed by atoms with E-state index < -0.39 is 40.6 Å². The molecule has 0 atom stereocenters. The standard InChI is InChI=1S/C26H24F4N4O4/c1-33-7-9-34(10-8-33)22-6-4-15(17-11-16(25(37)38-2)3-5-20(17)27)12-21(22)32-24(36)18-14-31-23(35)13-19(18)26(28,29)30/h3-6,11-14H,7-10H2,1-2H3,(H,31,35)(H,32,36). The summed E-state index contributed by atoms with van der Waals surface area (Å²) in [4.78, 5) is 42.7. The second kappa shape index (κ2) is 10.7. The number of hydrogen-bond donors (Lipinski definition) is 2. The molecule has 1 aliphatic rings. The molecular weight excluding hydrogens is 508 g/mol. The molecular formula is C26H24F4N4O4. The average Bonchev–Trinajstić information content (AvgIpc) is 2.88. The van der Waals surface area contributed by atoms with Crippen LogP contribution in [0.15, 0.2) is 53.5 Å². The molecule has 0 bridgehead atoms. The minimum absolute atomic E-state index is 0.0355. The number of piperazine rings is 1. The van der Waals surface area contributed by atoms with Gasteiger partial charge in [-0.2, -0.15) is 13.2 Å². The van der Waals surface area contributed by atoms with Gasteiger partial charge in [0.2, 0.25) is 5.56 Å². The Hall–Kier alpha value is -4.19. The van der Waals surface area contributed by atoms with Crippen LogP contribution in [0.4, 0.5) is 28.9 Å². The van der Waals surface area contributed by atoms with Crippen LogP contribution in [-0.4, -0.2) is 62.1 Å². The monoisotopic (exact) mass is 532 g/mol. The number of H-pyrrole nitrogens is 1. The van der Waals surface area contributed by atoms with Crippen molar-refractivity contribution in [3.63, 3.8) is 0 Å². The highest BCUT2D eigenvalue weighted by atomic mass is 19.4. The summed E-state index contributed by atoms with van der Waals surface area (Å²) in [7, 11) is 3.14. The molecule has 2 N–H and O–H groups in total. The van der Waals surface area contributed by atoms with Gasteiger partial charge in [0.1, 0.15) is 5.82 Å². The third-order valence-corrected chi connectivity index (χ3v) is 6.26. The molecule has 4 rings (SSSR count). The summed E-state index contributed by atoms with van der Waals surface area (Å²) in [6, 6.07) is 8.65. The number of likely N-dealkylation sites (N-methyl/N-ethyl adjacent to an activating group) is 1. The van der Waals surface area contributed by atoms with Gasteiger partial charge in [-0.15, -0.1) is 0 Å². The molecule has 200 valence electrons. The zero-order chi connectivity index (χ0) is 27.6. The summed E-state index contributed by atoms with van der Waals surface area (Å²) in [6.45, 7) is 2.58. The Bertz CT molecular complexity index is 1430. The number of carbonyl (C=O) groups is 2. The predicted octanol–water partition coefficient (Wildman–Crippen LogP) is 3.99. The average molecular weight is 532 g/mol. The van der Waals surface area contributed by atoms with Gasteiger partial charge in [0.15, 0.2) is 0 Å². The second-order valence-corrected chi connectivity index (χ2v) is 8.78. The van der Waals surface area contributed by atoms with Gasteiger partial charge in [-0.1, -0.05) is 6.07 Å². The molecule has 2 aromatic carbocycles. The number of nitrogens with one attached hydrogen (secondary N) is 2. The minimum Gasteiger partial charge on any atom is -0.465 e. The summed E-state index contributed by atoms with van der Waals surface area (Å²) in [5.41, 5.74) is -2.08. The Labute approximate surface area is 214 Å². The Morgan fingerprint density at radius 2 is 1.74 bits per heavy atom. The van der Waals surface area contributed by atoms with Crippen molar-refractivity contribution < 1.29 is 31.9 Å². The van der Waals surface area contributed by atoms with Crippen molar-refractivity contribution in [2.24, 2.45) is 0 Å². The molecule has 1 amide bonds. The molecule has 1 saturated heterocycles. The van der Waals surface area contributed by atoms with E-state index in [1.165, 1.54) is 25.3 Å². The smallest absolute Gasteiger partial charge is 0.417 e. The number of esters is 1. The molecule has 0 unspecified atom stereocenters. The number of amides is 1. The van der Waals surface area contributed by atoms with Crippen LogP contribution in [0.3, 0.4) is 0 Å². The number of pyridine rings is 1. The maximum Gasteiger partial charge on any atom is 0.417 e. The number of carbonyl (C=O) groups excluding carboxylic acids is 2. The van der Waals surface area contributed by atoms with Crippen molar-refractivity contribution in [2.45, 2.75) is 6.18 Å². The topological polar surface area (TPSA) is 94.7 Å². The van der Waals surface area contributed by atoms with Crippen LogP contribution in [0.2, 0.25) is 0 Å². The first-order chi connectivity index (χ1) is 18.0. The van der Waals surface area contributed by atoms with E-state index in [-0.39, 0.29) is 22.4 Å². The molecule has 12 heteroatoms. The van der Waals surface area contributed by atoms with Crippen molar-refractivity contribution in [1.29, 1.82) is 0 Å². The number of nitrogens with zero attached hydrogens (tertiary/aromatic N) is 2. The first-order valence-electron chi connectivity index (χ1n) is 11.5. The Morgan fingerprint density at radius 1 is 1.03 bits per heavy atom. The lowest BCUT2D eigenvalue weighted by molar-refractivity contribution is -0.138. The summed E-state index contributed by atoms with van der Waals surface area (Å²) in [5, 5.41) is 2.52. The number of rotatable bonds is 5. The van der Waals surface area contributed by atoms with Gasteiger partial charge in [0, 0.05) is 44.0 Å². The number of halogens is 4. The van der Waals surface area contributed by atoms with Gasteiger partial charge in [0.25, 0.3) is 5.91 Å². The zero-order valence-electron chi connectivity index (χ0n) is 20.5. The SMILES string of the molecule is COC(=O)c1ccc(F)c(-c2ccc(N3CCN(C)CC3)c(NC(=O)c3c[nH]c(=O)cc3C(F)(F)F)c2)c1. The molecule has 0 saturated carbocycles. The van der Waals surface area contributed by atoms with Crippen LogP contribution in [0.5, 0.6) is 0 Å². The van der Waals surface area contributed by atoms with Crippen molar-refractivity contribution in [2.75, 3.05) is 50.6 Å². The fourth-order valence-electron chi connectivity index (χ4n) is 4.20. The number of anilines is 2. The molecule has 0 radical (unpaired) electrons. The van der Waals surface area contributed by atoms with E-state index in [1.807, 2.05) is 11.9 Å². The summed E-state index contributed by atoms with van der Waals surface area (Å²) >= 11 is 0. The van der Waals surface area contributed by atoms with E-state index in [9.17, 15) is 31.9 Å². The zero-order valence-corrected chi connectivity index (χ0v) is 20.5. The second-order valence-electron chi connectivity index (χ2n) is 8.78. The van der Waals surface area contributed by atoms with Crippen molar-refractivity contribution >= 4 is 23.3 Å². The molecule has 0 aliphatic carbocycles. The Kier molecular flexibility index (Phi) is 7.53. The van der Waals surface area contributed by atoms with E-state index >= 15 is 0 Å². The number of methoxy groups -OCH3 is 1. The van der Waals surface area contributed by atoms with Gasteiger partial charge in [0.05, 0.1) is 35.2 Å². The lowest BCUT2D eigenvalue weighted by Crippen LogP contribution is -2.44. The molecule has 38 heavy (non-hydrogen) atoms. The number of hydrogen-bond acceptors (Lipinski definition) is 6. The lowest BCUT2D eigenvalue weighted by atomic mass is 10.0.